The fourth-order valence-corrected chi connectivity index (χ4v) is 2.35. The van der Waals surface area contributed by atoms with Gasteiger partial charge in [-0.05, 0) is 19.8 Å². The van der Waals surface area contributed by atoms with Crippen LogP contribution in [0.2, 0.25) is 0 Å². The lowest BCUT2D eigenvalue weighted by molar-refractivity contribution is -0.133. The molecule has 0 amide bonds. The van der Waals surface area contributed by atoms with Crippen LogP contribution in [0.5, 0.6) is 0 Å². The largest absolute Gasteiger partial charge is 0.381 e. The van der Waals surface area contributed by atoms with Crippen molar-refractivity contribution in [1.29, 1.82) is 5.26 Å². The third kappa shape index (κ3) is 2.38. The molecular formula is C12H19NO2. The van der Waals surface area contributed by atoms with Gasteiger partial charge in [0.1, 0.15) is 5.60 Å². The summed E-state index contributed by atoms with van der Waals surface area (Å²) >= 11 is 0. The van der Waals surface area contributed by atoms with Crippen LogP contribution >= 0.6 is 0 Å². The second-order valence-electron chi connectivity index (χ2n) is 4.73. The first-order chi connectivity index (χ1) is 7.08. The Labute approximate surface area is 91.1 Å². The Hall–Kier alpha value is -0.880. The van der Waals surface area contributed by atoms with Crippen molar-refractivity contribution in [3.05, 3.63) is 0 Å². The van der Waals surface area contributed by atoms with Crippen LogP contribution < -0.4 is 0 Å². The number of nitrogens with zero attached hydrogens (tertiary/aromatic N) is 1. The molecule has 0 heterocycles. The maximum Gasteiger partial charge on any atom is 0.152 e. The predicted octanol–water partition coefficient (Wildman–Crippen LogP) is 2.19. The lowest BCUT2D eigenvalue weighted by Gasteiger charge is -2.37. The lowest BCUT2D eigenvalue weighted by atomic mass is 9.67. The van der Waals surface area contributed by atoms with Gasteiger partial charge < -0.3 is 9.90 Å². The van der Waals surface area contributed by atoms with Crippen LogP contribution in [0.4, 0.5) is 0 Å². The van der Waals surface area contributed by atoms with Gasteiger partial charge in [-0.15, -0.1) is 0 Å². The molecule has 1 aliphatic rings. The van der Waals surface area contributed by atoms with Crippen molar-refractivity contribution in [2.75, 3.05) is 0 Å². The molecule has 0 saturated heterocycles. The van der Waals surface area contributed by atoms with Gasteiger partial charge >= 0.3 is 0 Å². The van der Waals surface area contributed by atoms with Gasteiger partial charge in [-0.1, -0.05) is 32.1 Å². The van der Waals surface area contributed by atoms with Crippen molar-refractivity contribution in [3.63, 3.8) is 0 Å². The summed E-state index contributed by atoms with van der Waals surface area (Å²) in [6.45, 7) is 1.46. The van der Waals surface area contributed by atoms with Crippen LogP contribution in [0, 0.1) is 16.7 Å². The van der Waals surface area contributed by atoms with Crippen molar-refractivity contribution >= 4 is 6.29 Å². The molecule has 1 fully saturated rings. The van der Waals surface area contributed by atoms with Gasteiger partial charge in [-0.3, -0.25) is 0 Å². The number of aliphatic hydroxyl groups is 1. The highest BCUT2D eigenvalue weighted by Crippen LogP contribution is 2.41. The van der Waals surface area contributed by atoms with Crippen LogP contribution in [0.25, 0.3) is 0 Å². The maximum absolute atomic E-state index is 10.9. The fourth-order valence-electron chi connectivity index (χ4n) is 2.35. The zero-order valence-electron chi connectivity index (χ0n) is 9.33. The van der Waals surface area contributed by atoms with Crippen molar-refractivity contribution in [2.45, 2.75) is 57.5 Å². The fraction of sp³-hybridized carbons (Fsp3) is 0.833. The standard InChI is InChI=1S/C12H19NO2/c1-11(15,10-14)12(9-13)7-5-3-2-4-6-8-12/h10,15H,2-8H2,1H3. The van der Waals surface area contributed by atoms with Crippen molar-refractivity contribution < 1.29 is 9.90 Å². The molecular weight excluding hydrogens is 190 g/mol. The molecule has 1 rings (SSSR count). The molecule has 3 nitrogen and oxygen atoms in total. The quantitative estimate of drug-likeness (QED) is 0.709. The summed E-state index contributed by atoms with van der Waals surface area (Å²) in [6, 6.07) is 2.20. The summed E-state index contributed by atoms with van der Waals surface area (Å²) in [5.74, 6) is 0. The first kappa shape index (κ1) is 12.2. The molecule has 1 N–H and O–H groups in total. The second kappa shape index (κ2) is 4.76. The predicted molar refractivity (Wildman–Crippen MR) is 57.1 cm³/mol. The molecule has 1 saturated carbocycles. The molecule has 0 aromatic carbocycles. The summed E-state index contributed by atoms with van der Waals surface area (Å²) in [5, 5.41) is 19.3. The van der Waals surface area contributed by atoms with E-state index < -0.39 is 11.0 Å². The Morgan fingerprint density at radius 3 is 2.13 bits per heavy atom. The molecule has 0 radical (unpaired) electrons. The second-order valence-corrected chi connectivity index (χ2v) is 4.73. The molecule has 0 bridgehead atoms. The van der Waals surface area contributed by atoms with Gasteiger partial charge in [0.25, 0.3) is 0 Å². The minimum Gasteiger partial charge on any atom is -0.381 e. The number of carbonyl (C=O) groups is 1. The molecule has 0 aromatic rings. The van der Waals surface area contributed by atoms with E-state index in [1.54, 1.807) is 0 Å². The smallest absolute Gasteiger partial charge is 0.152 e. The molecule has 3 heteroatoms. The van der Waals surface area contributed by atoms with Gasteiger partial charge in [0.05, 0.1) is 11.5 Å². The van der Waals surface area contributed by atoms with Gasteiger partial charge in [-0.2, -0.15) is 5.26 Å². The van der Waals surface area contributed by atoms with E-state index in [9.17, 15) is 15.2 Å². The van der Waals surface area contributed by atoms with Crippen LogP contribution in [-0.4, -0.2) is 17.0 Å². The highest BCUT2D eigenvalue weighted by molar-refractivity contribution is 5.64. The SMILES string of the molecule is CC(O)(C=O)C1(C#N)CCCCCCC1. The van der Waals surface area contributed by atoms with E-state index in [2.05, 4.69) is 6.07 Å². The molecule has 1 aliphatic carbocycles. The Morgan fingerprint density at radius 2 is 1.73 bits per heavy atom. The van der Waals surface area contributed by atoms with Gasteiger partial charge in [0, 0.05) is 0 Å². The normalized spacial score (nSPS) is 25.4. The zero-order chi connectivity index (χ0) is 11.4. The first-order valence-electron chi connectivity index (χ1n) is 5.68. The molecule has 1 atom stereocenters. The summed E-state index contributed by atoms with van der Waals surface area (Å²) in [4.78, 5) is 10.9. The maximum atomic E-state index is 10.9. The topological polar surface area (TPSA) is 61.1 Å². The Morgan fingerprint density at radius 1 is 1.27 bits per heavy atom. The van der Waals surface area contributed by atoms with E-state index >= 15 is 0 Å². The number of carbonyl (C=O) groups excluding carboxylic acids is 1. The monoisotopic (exact) mass is 209 g/mol. The average Bonchev–Trinajstić information content (AvgIpc) is 2.18. The van der Waals surface area contributed by atoms with E-state index in [1.807, 2.05) is 0 Å². The van der Waals surface area contributed by atoms with E-state index in [4.69, 9.17) is 0 Å². The van der Waals surface area contributed by atoms with E-state index in [0.717, 1.165) is 25.7 Å². The number of hydrogen-bond donors (Lipinski definition) is 1. The Bertz CT molecular complexity index is 257. The van der Waals surface area contributed by atoms with Crippen molar-refractivity contribution in [2.24, 2.45) is 5.41 Å². The molecule has 0 aromatic heterocycles. The molecule has 0 spiro atoms. The third-order valence-corrected chi connectivity index (χ3v) is 3.62. The molecule has 15 heavy (non-hydrogen) atoms. The molecule has 1 unspecified atom stereocenters. The van der Waals surface area contributed by atoms with E-state index in [-0.39, 0.29) is 0 Å². The zero-order valence-corrected chi connectivity index (χ0v) is 9.33. The number of rotatable bonds is 2. The Balaban J connectivity index is 2.90. The van der Waals surface area contributed by atoms with Gasteiger partial charge in [0.15, 0.2) is 6.29 Å². The third-order valence-electron chi connectivity index (χ3n) is 3.62. The number of aldehydes is 1. The Kier molecular flexibility index (Phi) is 3.87. The highest BCUT2D eigenvalue weighted by Gasteiger charge is 2.47. The van der Waals surface area contributed by atoms with Crippen LogP contribution in [0.3, 0.4) is 0 Å². The lowest BCUT2D eigenvalue weighted by Crippen LogP contribution is -2.46. The number of nitriles is 1. The molecule has 0 aliphatic heterocycles. The van der Waals surface area contributed by atoms with Crippen molar-refractivity contribution in [3.8, 4) is 6.07 Å². The summed E-state index contributed by atoms with van der Waals surface area (Å²) in [6.07, 6.45) is 7.04. The van der Waals surface area contributed by atoms with Gasteiger partial charge in [0.2, 0.25) is 0 Å². The summed E-state index contributed by atoms with van der Waals surface area (Å²) in [7, 11) is 0. The van der Waals surface area contributed by atoms with Crippen LogP contribution in [0.1, 0.15) is 51.9 Å². The first-order valence-corrected chi connectivity index (χ1v) is 5.68. The van der Waals surface area contributed by atoms with Crippen LogP contribution in [-0.2, 0) is 4.79 Å². The summed E-state index contributed by atoms with van der Waals surface area (Å²) in [5.41, 5.74) is -2.37. The van der Waals surface area contributed by atoms with E-state index in [0.29, 0.717) is 19.1 Å². The average molecular weight is 209 g/mol. The molecule has 84 valence electrons. The van der Waals surface area contributed by atoms with E-state index in [1.165, 1.54) is 13.3 Å². The van der Waals surface area contributed by atoms with Crippen molar-refractivity contribution in [1.82, 2.24) is 0 Å². The summed E-state index contributed by atoms with van der Waals surface area (Å²) < 4.78 is 0. The van der Waals surface area contributed by atoms with Gasteiger partial charge in [-0.25, -0.2) is 0 Å². The highest BCUT2D eigenvalue weighted by atomic mass is 16.3. The minimum absolute atomic E-state index is 0.526. The minimum atomic E-state index is -1.50. The van der Waals surface area contributed by atoms with Crippen LogP contribution in [0.15, 0.2) is 0 Å². The number of hydrogen-bond acceptors (Lipinski definition) is 3.